The van der Waals surface area contributed by atoms with Crippen molar-refractivity contribution < 1.29 is 9.53 Å². The van der Waals surface area contributed by atoms with Gasteiger partial charge in [-0.25, -0.2) is 0 Å². The van der Waals surface area contributed by atoms with E-state index < -0.39 is 0 Å². The van der Waals surface area contributed by atoms with Crippen molar-refractivity contribution >= 4 is 5.91 Å². The number of rotatable bonds is 4. The van der Waals surface area contributed by atoms with Gasteiger partial charge >= 0.3 is 0 Å². The molecule has 2 fully saturated rings. The van der Waals surface area contributed by atoms with Crippen LogP contribution in [0.1, 0.15) is 55.8 Å². The molecule has 2 aliphatic rings. The van der Waals surface area contributed by atoms with Crippen LogP contribution >= 0.6 is 0 Å². The van der Waals surface area contributed by atoms with Crippen LogP contribution in [-0.2, 0) is 11.8 Å². The third-order valence-corrected chi connectivity index (χ3v) is 6.02. The molecule has 2 saturated carbocycles. The molecular formula is C19H28N2O3. The molecule has 1 heterocycles. The molecule has 5 heteroatoms. The van der Waals surface area contributed by atoms with Crippen molar-refractivity contribution in [3.05, 3.63) is 34.2 Å². The summed E-state index contributed by atoms with van der Waals surface area (Å²) in [5, 5.41) is 0. The maximum atomic E-state index is 12.9. The van der Waals surface area contributed by atoms with Gasteiger partial charge in [0.25, 0.3) is 5.91 Å². The SMILES string of the molecule is CCO[C@@H]1C[C@@H](N(C)C(=O)c2ccc(=O)n(C)c2)C12CCCCC2. The average molecular weight is 332 g/mol. The summed E-state index contributed by atoms with van der Waals surface area (Å²) in [7, 11) is 3.58. The number of aryl methyl sites for hydroxylation is 1. The Labute approximate surface area is 143 Å². The molecule has 5 nitrogen and oxygen atoms in total. The van der Waals surface area contributed by atoms with E-state index >= 15 is 0 Å². The molecule has 1 aromatic rings. The summed E-state index contributed by atoms with van der Waals surface area (Å²) < 4.78 is 7.45. The van der Waals surface area contributed by atoms with Crippen LogP contribution in [0.2, 0.25) is 0 Å². The highest BCUT2D eigenvalue weighted by molar-refractivity contribution is 5.94. The number of nitrogens with zero attached hydrogens (tertiary/aromatic N) is 2. The van der Waals surface area contributed by atoms with E-state index in [1.54, 1.807) is 19.3 Å². The summed E-state index contributed by atoms with van der Waals surface area (Å²) in [5.74, 6) is -0.00417. The van der Waals surface area contributed by atoms with Gasteiger partial charge in [-0.05, 0) is 32.3 Å². The lowest BCUT2D eigenvalue weighted by molar-refractivity contribution is -0.170. The standard InChI is InChI=1S/C19H28N2O3/c1-4-24-16-12-15(19(16)10-6-5-7-11-19)21(3)18(23)14-8-9-17(22)20(2)13-14/h8-9,13,15-16H,4-7,10-12H2,1-3H3/t15-,16-/m1/s1. The zero-order valence-corrected chi connectivity index (χ0v) is 15.0. The summed E-state index contributed by atoms with van der Waals surface area (Å²) in [6.07, 6.45) is 8.86. The fourth-order valence-corrected chi connectivity index (χ4v) is 4.64. The van der Waals surface area contributed by atoms with Crippen molar-refractivity contribution in [2.45, 2.75) is 57.6 Å². The first kappa shape index (κ1) is 17.2. The van der Waals surface area contributed by atoms with Crippen molar-refractivity contribution in [1.29, 1.82) is 0 Å². The molecule has 1 amide bonds. The molecule has 0 aliphatic heterocycles. The number of hydrogen-bond acceptors (Lipinski definition) is 3. The molecule has 0 saturated heterocycles. The smallest absolute Gasteiger partial charge is 0.255 e. The summed E-state index contributed by atoms with van der Waals surface area (Å²) in [6, 6.07) is 3.33. The van der Waals surface area contributed by atoms with E-state index in [9.17, 15) is 9.59 Å². The average Bonchev–Trinajstić information content (AvgIpc) is 2.60. The third-order valence-electron chi connectivity index (χ3n) is 6.02. The number of pyridine rings is 1. The Morgan fingerprint density at radius 3 is 2.67 bits per heavy atom. The molecule has 0 unspecified atom stereocenters. The van der Waals surface area contributed by atoms with E-state index in [4.69, 9.17) is 4.74 Å². The Morgan fingerprint density at radius 2 is 2.04 bits per heavy atom. The van der Waals surface area contributed by atoms with Gasteiger partial charge in [-0.3, -0.25) is 9.59 Å². The largest absolute Gasteiger partial charge is 0.378 e. The molecule has 3 rings (SSSR count). The van der Waals surface area contributed by atoms with E-state index in [-0.39, 0.29) is 29.0 Å². The van der Waals surface area contributed by atoms with Crippen molar-refractivity contribution in [2.24, 2.45) is 12.5 Å². The number of carbonyl (C=O) groups is 1. The van der Waals surface area contributed by atoms with Crippen LogP contribution in [0.4, 0.5) is 0 Å². The summed E-state index contributed by atoms with van der Waals surface area (Å²) in [4.78, 5) is 26.3. The fraction of sp³-hybridized carbons (Fsp3) is 0.684. The fourth-order valence-electron chi connectivity index (χ4n) is 4.64. The van der Waals surface area contributed by atoms with Gasteiger partial charge in [-0.1, -0.05) is 19.3 Å². The molecule has 1 aromatic heterocycles. The Hall–Kier alpha value is -1.62. The molecule has 0 radical (unpaired) electrons. The first-order chi connectivity index (χ1) is 11.5. The van der Waals surface area contributed by atoms with Crippen molar-refractivity contribution in [1.82, 2.24) is 9.47 Å². The highest BCUT2D eigenvalue weighted by Gasteiger charge is 2.57. The predicted octanol–water partition coefficient (Wildman–Crippen LogP) is 2.59. The minimum Gasteiger partial charge on any atom is -0.378 e. The van der Waals surface area contributed by atoms with E-state index in [1.807, 2.05) is 18.9 Å². The number of hydrogen-bond donors (Lipinski definition) is 0. The zero-order valence-electron chi connectivity index (χ0n) is 15.0. The topological polar surface area (TPSA) is 51.5 Å². The normalized spacial score (nSPS) is 25.3. The van der Waals surface area contributed by atoms with Crippen LogP contribution in [0.3, 0.4) is 0 Å². The molecule has 2 aliphatic carbocycles. The van der Waals surface area contributed by atoms with Gasteiger partial charge in [0.05, 0.1) is 11.7 Å². The van der Waals surface area contributed by atoms with Gasteiger partial charge in [0.15, 0.2) is 0 Å². The highest BCUT2D eigenvalue weighted by atomic mass is 16.5. The number of ether oxygens (including phenoxy) is 1. The first-order valence-corrected chi connectivity index (χ1v) is 9.05. The van der Waals surface area contributed by atoms with Crippen molar-refractivity contribution in [3.63, 3.8) is 0 Å². The van der Waals surface area contributed by atoms with Crippen LogP contribution in [-0.4, -0.2) is 41.2 Å². The van der Waals surface area contributed by atoms with Crippen LogP contribution in [0.15, 0.2) is 23.1 Å². The molecule has 0 bridgehead atoms. The highest BCUT2D eigenvalue weighted by Crippen LogP contribution is 2.55. The van der Waals surface area contributed by atoms with Crippen LogP contribution in [0.5, 0.6) is 0 Å². The lowest BCUT2D eigenvalue weighted by Gasteiger charge is -2.60. The number of amides is 1. The molecule has 1 spiro atoms. The first-order valence-electron chi connectivity index (χ1n) is 9.05. The lowest BCUT2D eigenvalue weighted by Crippen LogP contribution is -2.65. The maximum absolute atomic E-state index is 12.9. The van der Waals surface area contributed by atoms with Gasteiger partial charge in [-0.2, -0.15) is 0 Å². The second-order valence-electron chi connectivity index (χ2n) is 7.27. The summed E-state index contributed by atoms with van der Waals surface area (Å²) >= 11 is 0. The van der Waals surface area contributed by atoms with Gasteiger partial charge in [0, 0.05) is 44.4 Å². The predicted molar refractivity (Wildman–Crippen MR) is 93.1 cm³/mol. The van der Waals surface area contributed by atoms with E-state index in [0.29, 0.717) is 5.56 Å². The molecule has 0 aromatic carbocycles. The third kappa shape index (κ3) is 2.79. The molecule has 0 N–H and O–H groups in total. The molecule has 2 atom stereocenters. The van der Waals surface area contributed by atoms with E-state index in [1.165, 1.54) is 29.9 Å². The van der Waals surface area contributed by atoms with Gasteiger partial charge in [-0.15, -0.1) is 0 Å². The second-order valence-corrected chi connectivity index (χ2v) is 7.27. The van der Waals surface area contributed by atoms with Crippen LogP contribution < -0.4 is 5.56 Å². The number of aromatic nitrogens is 1. The molecule has 132 valence electrons. The Balaban J connectivity index is 1.80. The monoisotopic (exact) mass is 332 g/mol. The molecule has 24 heavy (non-hydrogen) atoms. The van der Waals surface area contributed by atoms with Crippen molar-refractivity contribution in [3.8, 4) is 0 Å². The second kappa shape index (κ2) is 6.71. The zero-order chi connectivity index (χ0) is 17.3. The van der Waals surface area contributed by atoms with Crippen LogP contribution in [0, 0.1) is 5.41 Å². The minimum atomic E-state index is -0.0991. The summed E-state index contributed by atoms with van der Waals surface area (Å²) in [6.45, 7) is 2.78. The van der Waals surface area contributed by atoms with Crippen molar-refractivity contribution in [2.75, 3.05) is 13.7 Å². The quantitative estimate of drug-likeness (QED) is 0.851. The van der Waals surface area contributed by atoms with Gasteiger partial charge in [0.2, 0.25) is 5.56 Å². The van der Waals surface area contributed by atoms with E-state index in [2.05, 4.69) is 0 Å². The Kier molecular flexibility index (Phi) is 4.81. The maximum Gasteiger partial charge on any atom is 0.255 e. The minimum absolute atomic E-state index is 0.00417. The summed E-state index contributed by atoms with van der Waals surface area (Å²) in [5.41, 5.74) is 0.600. The van der Waals surface area contributed by atoms with Crippen LogP contribution in [0.25, 0.3) is 0 Å². The number of carbonyl (C=O) groups excluding carboxylic acids is 1. The van der Waals surface area contributed by atoms with Gasteiger partial charge in [0.1, 0.15) is 0 Å². The van der Waals surface area contributed by atoms with Gasteiger partial charge < -0.3 is 14.2 Å². The van der Waals surface area contributed by atoms with E-state index in [0.717, 1.165) is 25.9 Å². The lowest BCUT2D eigenvalue weighted by atomic mass is 9.54. The Morgan fingerprint density at radius 1 is 1.33 bits per heavy atom. The Bertz CT molecular complexity index is 661. The molecular weight excluding hydrogens is 304 g/mol.